The van der Waals surface area contributed by atoms with Gasteiger partial charge in [0.15, 0.2) is 6.29 Å². The van der Waals surface area contributed by atoms with Crippen LogP contribution in [-0.2, 0) is 38.3 Å². The van der Waals surface area contributed by atoms with E-state index in [1.807, 2.05) is 0 Å². The molecular weight excluding hydrogens is 717 g/mol. The highest BCUT2D eigenvalue weighted by Gasteiger charge is 2.48. The minimum atomic E-state index is -5.05. The van der Waals surface area contributed by atoms with E-state index >= 15 is 0 Å². The molecule has 54 heavy (non-hydrogen) atoms. The predicted octanol–water partition coefficient (Wildman–Crippen LogP) is 8.30. The van der Waals surface area contributed by atoms with Gasteiger partial charge in [0.2, 0.25) is 0 Å². The van der Waals surface area contributed by atoms with Crippen molar-refractivity contribution in [2.45, 2.75) is 218 Å². The zero-order valence-corrected chi connectivity index (χ0v) is 34.6. The molecule has 1 rings (SSSR count). The lowest BCUT2D eigenvalue weighted by atomic mass is 9.99. The summed E-state index contributed by atoms with van der Waals surface area (Å²) in [5, 5.41) is 30.6. The Morgan fingerprint density at radius 2 is 1.17 bits per heavy atom. The molecule has 0 radical (unpaired) electrons. The van der Waals surface area contributed by atoms with E-state index in [0.717, 1.165) is 44.9 Å². The normalized spacial score (nSPS) is 21.2. The number of ether oxygens (including phenoxy) is 4. The number of carbonyl (C=O) groups excluding carboxylic acids is 1. The van der Waals surface area contributed by atoms with Crippen molar-refractivity contribution < 1.29 is 56.2 Å². The number of carbonyl (C=O) groups is 1. The van der Waals surface area contributed by atoms with Crippen LogP contribution in [0.25, 0.3) is 0 Å². The van der Waals surface area contributed by atoms with Crippen molar-refractivity contribution in [2.75, 3.05) is 26.4 Å². The van der Waals surface area contributed by atoms with E-state index in [0.29, 0.717) is 13.0 Å². The zero-order chi connectivity index (χ0) is 39.7. The molecule has 1 fully saturated rings. The third kappa shape index (κ3) is 27.4. The van der Waals surface area contributed by atoms with Crippen molar-refractivity contribution in [3.63, 3.8) is 0 Å². The fourth-order valence-corrected chi connectivity index (χ4v) is 7.12. The Hall–Kier alpha value is -1.16. The summed E-state index contributed by atoms with van der Waals surface area (Å²) in [7, 11) is -5.05. The monoisotopic (exact) mass is 795 g/mol. The Morgan fingerprint density at radius 1 is 0.685 bits per heavy atom. The Kier molecular flexibility index (Phi) is 32.0. The average Bonchev–Trinajstić information content (AvgIpc) is 3.14. The smallest absolute Gasteiger partial charge is 0.397 e. The van der Waals surface area contributed by atoms with Crippen LogP contribution in [0, 0.1) is 0 Å². The Balaban J connectivity index is 2.46. The summed E-state index contributed by atoms with van der Waals surface area (Å²) in [6.07, 6.45) is 25.3. The predicted molar refractivity (Wildman–Crippen MR) is 211 cm³/mol. The van der Waals surface area contributed by atoms with Gasteiger partial charge in [-0.3, -0.25) is 9.35 Å². The molecule has 320 valence electrons. The quantitative estimate of drug-likeness (QED) is 0.0205. The maximum atomic E-state index is 12.8. The van der Waals surface area contributed by atoms with E-state index in [2.05, 4.69) is 30.2 Å². The van der Waals surface area contributed by atoms with Gasteiger partial charge in [-0.05, 0) is 38.5 Å². The first-order valence-electron chi connectivity index (χ1n) is 21.4. The molecule has 0 bridgehead atoms. The Labute approximate surface area is 328 Å². The lowest BCUT2D eigenvalue weighted by molar-refractivity contribution is -0.301. The zero-order valence-electron chi connectivity index (χ0n) is 33.8. The van der Waals surface area contributed by atoms with Crippen LogP contribution in [0.2, 0.25) is 0 Å². The molecule has 1 aliphatic rings. The van der Waals surface area contributed by atoms with Crippen LogP contribution in [0.5, 0.6) is 0 Å². The first-order chi connectivity index (χ1) is 26.1. The molecule has 1 aliphatic heterocycles. The lowest BCUT2D eigenvalue weighted by Gasteiger charge is -2.41. The van der Waals surface area contributed by atoms with Gasteiger partial charge in [0.1, 0.15) is 30.5 Å². The van der Waals surface area contributed by atoms with E-state index in [-0.39, 0.29) is 19.6 Å². The Bertz CT molecular complexity index is 1010. The lowest BCUT2D eigenvalue weighted by Crippen LogP contribution is -2.60. The van der Waals surface area contributed by atoms with Gasteiger partial charge in [0.25, 0.3) is 0 Å². The third-order valence-corrected chi connectivity index (χ3v) is 10.4. The number of hydrogen-bond acceptors (Lipinski definition) is 11. The third-order valence-electron chi connectivity index (χ3n) is 9.89. The van der Waals surface area contributed by atoms with E-state index in [1.54, 1.807) is 0 Å². The Morgan fingerprint density at radius 3 is 1.67 bits per heavy atom. The molecule has 0 aromatic carbocycles. The maximum Gasteiger partial charge on any atom is 0.397 e. The van der Waals surface area contributed by atoms with Gasteiger partial charge in [0.05, 0.1) is 19.8 Å². The fourth-order valence-electron chi connectivity index (χ4n) is 6.61. The van der Waals surface area contributed by atoms with Gasteiger partial charge in [-0.25, -0.2) is 4.18 Å². The number of allylic oxidation sites excluding steroid dienone is 2. The number of esters is 1. The van der Waals surface area contributed by atoms with Crippen LogP contribution >= 0.6 is 0 Å². The number of hydrogen-bond donors (Lipinski definition) is 4. The maximum absolute atomic E-state index is 12.8. The second-order valence-electron chi connectivity index (χ2n) is 14.9. The van der Waals surface area contributed by atoms with E-state index in [9.17, 15) is 28.5 Å². The highest BCUT2D eigenvalue weighted by Crippen LogP contribution is 2.26. The fraction of sp³-hybridized carbons (Fsp3) is 0.927. The van der Waals surface area contributed by atoms with Gasteiger partial charge in [-0.2, -0.15) is 8.42 Å². The molecule has 6 unspecified atom stereocenters. The van der Waals surface area contributed by atoms with E-state index in [4.69, 9.17) is 23.5 Å². The van der Waals surface area contributed by atoms with Crippen molar-refractivity contribution in [3.05, 3.63) is 12.2 Å². The van der Waals surface area contributed by atoms with Crippen LogP contribution in [0.15, 0.2) is 12.2 Å². The topological polar surface area (TPSA) is 178 Å². The molecule has 0 aromatic heterocycles. The van der Waals surface area contributed by atoms with E-state index < -0.39 is 59.8 Å². The van der Waals surface area contributed by atoms with Crippen LogP contribution < -0.4 is 0 Å². The molecular formula is C41H78O12S. The highest BCUT2D eigenvalue weighted by atomic mass is 32.3. The van der Waals surface area contributed by atoms with E-state index in [1.165, 1.54) is 109 Å². The standard InChI is InChI=1S/C41H78O12S/c1-3-5-7-9-11-13-15-17-18-19-21-23-25-27-29-31-49-33-35(51-37(43)30-28-26-24-22-20-16-14-12-10-8-6-4-2)34-50-41-39(45)40(53-54(46,47)48)38(44)36(32-42)52-41/h15,17,35-36,38-42,44-45H,3-14,16,18-34H2,1-2H3,(H,46,47,48)/b17-15-. The summed E-state index contributed by atoms with van der Waals surface area (Å²) in [6, 6.07) is 0. The van der Waals surface area contributed by atoms with Gasteiger partial charge >= 0.3 is 16.4 Å². The number of aliphatic hydroxyl groups is 3. The number of aliphatic hydroxyl groups excluding tert-OH is 3. The van der Waals surface area contributed by atoms with Crippen LogP contribution in [0.4, 0.5) is 0 Å². The first-order valence-corrected chi connectivity index (χ1v) is 22.8. The van der Waals surface area contributed by atoms with Crippen LogP contribution in [0.3, 0.4) is 0 Å². The summed E-state index contributed by atoms with van der Waals surface area (Å²) >= 11 is 0. The summed E-state index contributed by atoms with van der Waals surface area (Å²) in [4.78, 5) is 12.8. The number of unbranched alkanes of at least 4 members (excludes halogenated alkanes) is 22. The summed E-state index contributed by atoms with van der Waals surface area (Å²) in [5.74, 6) is -0.401. The van der Waals surface area contributed by atoms with Gasteiger partial charge in [-0.15, -0.1) is 0 Å². The van der Waals surface area contributed by atoms with Crippen molar-refractivity contribution in [3.8, 4) is 0 Å². The largest absolute Gasteiger partial charge is 0.457 e. The molecule has 0 aliphatic carbocycles. The van der Waals surface area contributed by atoms with Gasteiger partial charge < -0.3 is 34.3 Å². The van der Waals surface area contributed by atoms with Crippen LogP contribution in [-0.4, -0.2) is 97.5 Å². The second kappa shape index (κ2) is 33.9. The highest BCUT2D eigenvalue weighted by molar-refractivity contribution is 7.80. The van der Waals surface area contributed by atoms with Gasteiger partial charge in [0, 0.05) is 13.0 Å². The first kappa shape index (κ1) is 50.9. The summed E-state index contributed by atoms with van der Waals surface area (Å²) in [6.45, 7) is 3.97. The molecule has 1 saturated heterocycles. The summed E-state index contributed by atoms with van der Waals surface area (Å²) < 4.78 is 58.9. The molecule has 0 saturated carbocycles. The molecule has 0 aromatic rings. The van der Waals surface area contributed by atoms with Crippen molar-refractivity contribution >= 4 is 16.4 Å². The SMILES string of the molecule is CCCCCCC/C=C\CCCCCCCCOCC(COC1OC(CO)C(O)C(OS(=O)(=O)O)C1O)OC(=O)CCCCCCCCCCCCCC. The minimum absolute atomic E-state index is 0.0366. The second-order valence-corrected chi connectivity index (χ2v) is 16.0. The molecule has 12 nitrogen and oxygen atoms in total. The van der Waals surface area contributed by atoms with Crippen molar-refractivity contribution in [1.82, 2.24) is 0 Å². The average molecular weight is 795 g/mol. The molecule has 0 spiro atoms. The van der Waals surface area contributed by atoms with Crippen molar-refractivity contribution in [2.24, 2.45) is 0 Å². The molecule has 6 atom stereocenters. The summed E-state index contributed by atoms with van der Waals surface area (Å²) in [5.41, 5.74) is 0. The van der Waals surface area contributed by atoms with Gasteiger partial charge in [-0.1, -0.05) is 148 Å². The minimum Gasteiger partial charge on any atom is -0.457 e. The molecule has 13 heteroatoms. The molecule has 1 heterocycles. The van der Waals surface area contributed by atoms with Crippen LogP contribution in [0.1, 0.15) is 181 Å². The number of rotatable bonds is 37. The molecule has 0 amide bonds. The molecule has 4 N–H and O–H groups in total. The van der Waals surface area contributed by atoms with Crippen molar-refractivity contribution in [1.29, 1.82) is 0 Å².